The first-order valence-corrected chi connectivity index (χ1v) is 8.81. The molecule has 1 amide bonds. The molecular formula is C20H18BrNO2. The van der Waals surface area contributed by atoms with Crippen molar-refractivity contribution in [1.29, 1.82) is 0 Å². The second kappa shape index (κ2) is 5.49. The van der Waals surface area contributed by atoms with Gasteiger partial charge in [0.2, 0.25) is 5.91 Å². The van der Waals surface area contributed by atoms with Gasteiger partial charge < -0.3 is 9.32 Å². The molecule has 0 saturated heterocycles. The highest BCUT2D eigenvalue weighted by Crippen LogP contribution is 2.41. The van der Waals surface area contributed by atoms with Crippen LogP contribution in [0.3, 0.4) is 0 Å². The standard InChI is InChI=1S/C20H18BrNO2/c1-11-5-4-6-14-12(2)18(24-19(11)14)10-16-15-9-13(21)7-8-17(15)22(3)20(16)23/h4-9,16H,10H2,1-3H3/t16-/m0/s1. The predicted molar refractivity (Wildman–Crippen MR) is 99.7 cm³/mol. The number of rotatable bonds is 2. The molecule has 1 atom stereocenters. The van der Waals surface area contributed by atoms with Gasteiger partial charge in [-0.15, -0.1) is 0 Å². The number of hydrogen-bond acceptors (Lipinski definition) is 2. The van der Waals surface area contributed by atoms with Crippen LogP contribution in [0.1, 0.15) is 28.4 Å². The van der Waals surface area contributed by atoms with Gasteiger partial charge in [-0.3, -0.25) is 4.79 Å². The minimum Gasteiger partial charge on any atom is -0.460 e. The first-order chi connectivity index (χ1) is 11.5. The topological polar surface area (TPSA) is 33.5 Å². The number of likely N-dealkylation sites (N-methyl/N-ethyl adjacent to an activating group) is 1. The van der Waals surface area contributed by atoms with Gasteiger partial charge in [-0.2, -0.15) is 0 Å². The minimum atomic E-state index is -0.193. The minimum absolute atomic E-state index is 0.125. The largest absolute Gasteiger partial charge is 0.460 e. The van der Waals surface area contributed by atoms with E-state index in [4.69, 9.17) is 4.42 Å². The SMILES string of the molecule is Cc1c(C[C@@H]2C(=O)N(C)c3ccc(Br)cc32)oc2c(C)cccc12. The molecule has 1 aromatic heterocycles. The molecule has 0 N–H and O–H groups in total. The summed E-state index contributed by atoms with van der Waals surface area (Å²) in [4.78, 5) is 14.5. The van der Waals surface area contributed by atoms with Crippen LogP contribution in [0.4, 0.5) is 5.69 Å². The first kappa shape index (κ1) is 15.5. The number of halogens is 1. The monoisotopic (exact) mass is 383 g/mol. The summed E-state index contributed by atoms with van der Waals surface area (Å²) in [5, 5.41) is 1.14. The molecule has 2 heterocycles. The number of fused-ring (bicyclic) bond motifs is 2. The lowest BCUT2D eigenvalue weighted by atomic mass is 9.94. The summed E-state index contributed by atoms with van der Waals surface area (Å²) >= 11 is 3.52. The zero-order chi connectivity index (χ0) is 17.0. The predicted octanol–water partition coefficient (Wildman–Crippen LogP) is 5.11. The Hall–Kier alpha value is -2.07. The van der Waals surface area contributed by atoms with Gasteiger partial charge in [-0.05, 0) is 48.7 Å². The normalized spacial score (nSPS) is 16.9. The Labute approximate surface area is 149 Å². The fourth-order valence-corrected chi connectivity index (χ4v) is 3.98. The smallest absolute Gasteiger partial charge is 0.234 e. The maximum Gasteiger partial charge on any atom is 0.234 e. The van der Waals surface area contributed by atoms with Crippen LogP contribution in [-0.2, 0) is 11.2 Å². The molecule has 3 nitrogen and oxygen atoms in total. The van der Waals surface area contributed by atoms with Crippen LogP contribution in [0.25, 0.3) is 11.0 Å². The van der Waals surface area contributed by atoms with Crippen molar-refractivity contribution in [2.45, 2.75) is 26.2 Å². The number of carbonyl (C=O) groups is 1. The lowest BCUT2D eigenvalue weighted by Gasteiger charge is -2.10. The van der Waals surface area contributed by atoms with Crippen molar-refractivity contribution < 1.29 is 9.21 Å². The van der Waals surface area contributed by atoms with E-state index in [9.17, 15) is 4.79 Å². The van der Waals surface area contributed by atoms with Gasteiger partial charge >= 0.3 is 0 Å². The molecule has 3 aromatic rings. The van der Waals surface area contributed by atoms with Crippen LogP contribution in [0, 0.1) is 13.8 Å². The fraction of sp³-hybridized carbons (Fsp3) is 0.250. The lowest BCUT2D eigenvalue weighted by molar-refractivity contribution is -0.119. The van der Waals surface area contributed by atoms with Crippen molar-refractivity contribution in [2.24, 2.45) is 0 Å². The van der Waals surface area contributed by atoms with Gasteiger partial charge in [0.1, 0.15) is 11.3 Å². The summed E-state index contributed by atoms with van der Waals surface area (Å²) in [7, 11) is 1.84. The molecule has 0 fully saturated rings. The van der Waals surface area contributed by atoms with Gasteiger partial charge in [0, 0.05) is 29.0 Å². The maximum atomic E-state index is 12.7. The van der Waals surface area contributed by atoms with Gasteiger partial charge in [-0.1, -0.05) is 34.1 Å². The highest BCUT2D eigenvalue weighted by molar-refractivity contribution is 9.10. The Balaban J connectivity index is 1.79. The summed E-state index contributed by atoms with van der Waals surface area (Å²) in [6.07, 6.45) is 0.590. The van der Waals surface area contributed by atoms with Crippen molar-refractivity contribution in [3.8, 4) is 0 Å². The highest BCUT2D eigenvalue weighted by Gasteiger charge is 2.36. The van der Waals surface area contributed by atoms with Crippen LogP contribution in [-0.4, -0.2) is 13.0 Å². The fourth-order valence-electron chi connectivity index (χ4n) is 3.61. The van der Waals surface area contributed by atoms with Crippen molar-refractivity contribution in [2.75, 3.05) is 11.9 Å². The second-order valence-corrected chi connectivity index (χ2v) is 7.37. The van der Waals surface area contributed by atoms with E-state index in [2.05, 4.69) is 41.9 Å². The Morgan fingerprint density at radius 2 is 2.00 bits per heavy atom. The number of hydrogen-bond donors (Lipinski definition) is 0. The summed E-state index contributed by atoms with van der Waals surface area (Å²) in [5.41, 5.74) is 5.23. The van der Waals surface area contributed by atoms with Crippen LogP contribution in [0.5, 0.6) is 0 Å². The molecule has 1 aliphatic heterocycles. The van der Waals surface area contributed by atoms with E-state index in [0.717, 1.165) is 43.6 Å². The molecule has 0 radical (unpaired) electrons. The zero-order valence-electron chi connectivity index (χ0n) is 13.9. The number of benzene rings is 2. The van der Waals surface area contributed by atoms with E-state index in [0.29, 0.717) is 6.42 Å². The third-order valence-electron chi connectivity index (χ3n) is 5.00. The van der Waals surface area contributed by atoms with Crippen molar-refractivity contribution >= 4 is 38.5 Å². The van der Waals surface area contributed by atoms with Crippen molar-refractivity contribution in [3.05, 3.63) is 63.3 Å². The molecule has 0 aliphatic carbocycles. The zero-order valence-corrected chi connectivity index (χ0v) is 15.5. The van der Waals surface area contributed by atoms with Crippen LogP contribution < -0.4 is 4.90 Å². The summed E-state index contributed by atoms with van der Waals surface area (Å²) in [6, 6.07) is 12.2. The van der Waals surface area contributed by atoms with Gasteiger partial charge in [-0.25, -0.2) is 0 Å². The number of anilines is 1. The molecular weight excluding hydrogens is 366 g/mol. The number of amides is 1. The molecule has 1 aliphatic rings. The molecule has 122 valence electrons. The molecule has 0 bridgehead atoms. The first-order valence-electron chi connectivity index (χ1n) is 8.02. The van der Waals surface area contributed by atoms with Crippen molar-refractivity contribution in [3.63, 3.8) is 0 Å². The Bertz CT molecular complexity index is 973. The summed E-state index contributed by atoms with van der Waals surface area (Å²) in [6.45, 7) is 4.13. The number of aryl methyl sites for hydroxylation is 2. The number of nitrogens with zero attached hydrogens (tertiary/aromatic N) is 1. The molecule has 0 unspecified atom stereocenters. The maximum absolute atomic E-state index is 12.7. The molecule has 2 aromatic carbocycles. The number of para-hydroxylation sites is 1. The molecule has 24 heavy (non-hydrogen) atoms. The summed E-state index contributed by atoms with van der Waals surface area (Å²) in [5.74, 6) is 0.834. The average molecular weight is 384 g/mol. The van der Waals surface area contributed by atoms with Crippen LogP contribution in [0.15, 0.2) is 45.3 Å². The lowest BCUT2D eigenvalue weighted by Crippen LogP contribution is -2.24. The van der Waals surface area contributed by atoms with Crippen LogP contribution in [0.2, 0.25) is 0 Å². The number of carbonyl (C=O) groups excluding carboxylic acids is 1. The van der Waals surface area contributed by atoms with Gasteiger partial charge in [0.25, 0.3) is 0 Å². The van der Waals surface area contributed by atoms with Gasteiger partial charge in [0.05, 0.1) is 5.92 Å². The van der Waals surface area contributed by atoms with E-state index >= 15 is 0 Å². The van der Waals surface area contributed by atoms with Crippen molar-refractivity contribution in [1.82, 2.24) is 0 Å². The summed E-state index contributed by atoms with van der Waals surface area (Å²) < 4.78 is 7.13. The van der Waals surface area contributed by atoms with Gasteiger partial charge in [0.15, 0.2) is 0 Å². The average Bonchev–Trinajstić information content (AvgIpc) is 2.99. The van der Waals surface area contributed by atoms with E-state index < -0.39 is 0 Å². The van der Waals surface area contributed by atoms with E-state index in [-0.39, 0.29) is 11.8 Å². The van der Waals surface area contributed by atoms with E-state index in [1.165, 1.54) is 0 Å². The van der Waals surface area contributed by atoms with E-state index in [1.807, 2.05) is 31.3 Å². The Kier molecular flexibility index (Phi) is 3.53. The highest BCUT2D eigenvalue weighted by atomic mass is 79.9. The second-order valence-electron chi connectivity index (χ2n) is 6.46. The molecule has 0 saturated carbocycles. The Morgan fingerprint density at radius 1 is 1.21 bits per heavy atom. The molecule has 4 rings (SSSR count). The third kappa shape index (κ3) is 2.20. The molecule has 0 spiro atoms. The third-order valence-corrected chi connectivity index (χ3v) is 5.50. The van der Waals surface area contributed by atoms with E-state index in [1.54, 1.807) is 4.90 Å². The number of furan rings is 1. The quantitative estimate of drug-likeness (QED) is 0.615. The Morgan fingerprint density at radius 3 is 2.75 bits per heavy atom. The molecule has 4 heteroatoms. The van der Waals surface area contributed by atoms with Crippen LogP contribution >= 0.6 is 15.9 Å².